The van der Waals surface area contributed by atoms with Gasteiger partial charge in [0.2, 0.25) is 0 Å². The van der Waals surface area contributed by atoms with Crippen LogP contribution in [0.4, 0.5) is 5.69 Å². The van der Waals surface area contributed by atoms with Crippen LogP contribution in [-0.4, -0.2) is 31.0 Å². The topological polar surface area (TPSA) is 50.4 Å². The summed E-state index contributed by atoms with van der Waals surface area (Å²) < 4.78 is 5.69. The molecule has 0 spiro atoms. The standard InChI is InChI=1S/C14H20N2O2/c1-4-15-10(3)14(17)11-5-6-13-12(7-11)16-8-9(2)18-13/h5-7,9-10,15-16H,4,8H2,1-3H3. The van der Waals surface area contributed by atoms with E-state index in [1.54, 1.807) is 0 Å². The summed E-state index contributed by atoms with van der Waals surface area (Å²) in [6.07, 6.45) is 0.166. The molecule has 0 saturated carbocycles. The fraction of sp³-hybridized carbons (Fsp3) is 0.500. The van der Waals surface area contributed by atoms with E-state index >= 15 is 0 Å². The summed E-state index contributed by atoms with van der Waals surface area (Å²) >= 11 is 0. The van der Waals surface area contributed by atoms with Crippen molar-refractivity contribution in [2.24, 2.45) is 0 Å². The number of anilines is 1. The molecule has 4 nitrogen and oxygen atoms in total. The summed E-state index contributed by atoms with van der Waals surface area (Å²) in [6, 6.07) is 5.41. The number of ketones is 1. The van der Waals surface area contributed by atoms with Crippen molar-refractivity contribution in [2.45, 2.75) is 32.9 Å². The van der Waals surface area contributed by atoms with Crippen LogP contribution in [0.1, 0.15) is 31.1 Å². The monoisotopic (exact) mass is 248 g/mol. The van der Waals surface area contributed by atoms with Crippen LogP contribution < -0.4 is 15.4 Å². The molecule has 2 unspecified atom stereocenters. The number of benzene rings is 1. The average molecular weight is 248 g/mol. The van der Waals surface area contributed by atoms with Crippen molar-refractivity contribution in [3.05, 3.63) is 23.8 Å². The van der Waals surface area contributed by atoms with Gasteiger partial charge in [-0.05, 0) is 38.6 Å². The maximum Gasteiger partial charge on any atom is 0.179 e. The molecule has 1 aromatic carbocycles. The molecule has 2 N–H and O–H groups in total. The first-order valence-corrected chi connectivity index (χ1v) is 6.44. The molecule has 0 bridgehead atoms. The second-order valence-electron chi connectivity index (χ2n) is 4.66. The summed E-state index contributed by atoms with van der Waals surface area (Å²) in [5.74, 6) is 0.932. The summed E-state index contributed by atoms with van der Waals surface area (Å²) in [5.41, 5.74) is 1.62. The fourth-order valence-corrected chi connectivity index (χ4v) is 2.09. The Morgan fingerprint density at radius 1 is 1.61 bits per heavy atom. The zero-order valence-corrected chi connectivity index (χ0v) is 11.1. The van der Waals surface area contributed by atoms with Crippen LogP contribution in [0.2, 0.25) is 0 Å². The first kappa shape index (κ1) is 12.9. The molecule has 1 aliphatic heterocycles. The molecule has 2 rings (SSSR count). The molecule has 98 valence electrons. The van der Waals surface area contributed by atoms with Crippen LogP contribution in [0.3, 0.4) is 0 Å². The van der Waals surface area contributed by atoms with Crippen LogP contribution in [-0.2, 0) is 0 Å². The molecular weight excluding hydrogens is 228 g/mol. The lowest BCUT2D eigenvalue weighted by molar-refractivity contribution is 0.0952. The minimum absolute atomic E-state index is 0.111. The number of rotatable bonds is 4. The molecular formula is C14H20N2O2. The Morgan fingerprint density at radius 3 is 3.11 bits per heavy atom. The molecule has 4 heteroatoms. The zero-order chi connectivity index (χ0) is 13.1. The minimum atomic E-state index is -0.156. The van der Waals surface area contributed by atoms with E-state index in [4.69, 9.17) is 4.74 Å². The largest absolute Gasteiger partial charge is 0.487 e. The maximum atomic E-state index is 12.2. The van der Waals surface area contributed by atoms with Gasteiger partial charge in [0, 0.05) is 5.56 Å². The van der Waals surface area contributed by atoms with Gasteiger partial charge in [-0.15, -0.1) is 0 Å². The lowest BCUT2D eigenvalue weighted by Crippen LogP contribution is -2.34. The molecule has 0 fully saturated rings. The predicted octanol–water partition coefficient (Wildman–Crippen LogP) is 2.06. The van der Waals surface area contributed by atoms with E-state index in [9.17, 15) is 4.79 Å². The van der Waals surface area contributed by atoms with Crippen molar-refractivity contribution in [1.82, 2.24) is 5.32 Å². The molecule has 0 radical (unpaired) electrons. The number of hydrogen-bond donors (Lipinski definition) is 2. The number of Topliss-reactive ketones (excluding diaryl/α,β-unsaturated/α-hetero) is 1. The fourth-order valence-electron chi connectivity index (χ4n) is 2.09. The van der Waals surface area contributed by atoms with Gasteiger partial charge in [0.05, 0.1) is 18.3 Å². The van der Waals surface area contributed by atoms with Gasteiger partial charge in [0.25, 0.3) is 0 Å². The quantitative estimate of drug-likeness (QED) is 0.801. The normalized spacial score (nSPS) is 19.4. The van der Waals surface area contributed by atoms with Gasteiger partial charge < -0.3 is 15.4 Å². The smallest absolute Gasteiger partial charge is 0.179 e. The van der Waals surface area contributed by atoms with Gasteiger partial charge >= 0.3 is 0 Å². The van der Waals surface area contributed by atoms with E-state index in [0.717, 1.165) is 24.5 Å². The van der Waals surface area contributed by atoms with Gasteiger partial charge in [-0.1, -0.05) is 6.92 Å². The van der Waals surface area contributed by atoms with Crippen molar-refractivity contribution in [1.29, 1.82) is 0 Å². The number of carbonyl (C=O) groups excluding carboxylic acids is 1. The van der Waals surface area contributed by atoms with E-state index in [0.29, 0.717) is 5.56 Å². The summed E-state index contributed by atoms with van der Waals surface area (Å²) in [7, 11) is 0. The molecule has 0 amide bonds. The molecule has 1 aromatic rings. The zero-order valence-electron chi connectivity index (χ0n) is 11.1. The Bertz CT molecular complexity index is 445. The molecule has 1 heterocycles. The van der Waals surface area contributed by atoms with Crippen molar-refractivity contribution in [2.75, 3.05) is 18.4 Å². The predicted molar refractivity (Wildman–Crippen MR) is 72.5 cm³/mol. The van der Waals surface area contributed by atoms with Crippen molar-refractivity contribution in [3.63, 3.8) is 0 Å². The Labute approximate surface area is 108 Å². The number of nitrogens with one attached hydrogen (secondary N) is 2. The highest BCUT2D eigenvalue weighted by Gasteiger charge is 2.19. The molecule has 0 aromatic heterocycles. The molecule has 18 heavy (non-hydrogen) atoms. The number of carbonyl (C=O) groups is 1. The third-order valence-electron chi connectivity index (χ3n) is 3.08. The number of likely N-dealkylation sites (N-methyl/N-ethyl adjacent to an activating group) is 1. The Hall–Kier alpha value is -1.55. The first-order chi connectivity index (χ1) is 8.61. The van der Waals surface area contributed by atoms with Gasteiger partial charge in [-0.3, -0.25) is 4.79 Å². The van der Waals surface area contributed by atoms with Gasteiger partial charge in [-0.25, -0.2) is 0 Å². The SMILES string of the molecule is CCNC(C)C(=O)c1ccc2c(c1)NCC(C)O2. The summed E-state index contributed by atoms with van der Waals surface area (Å²) in [5, 5.41) is 6.41. The number of ether oxygens (including phenoxy) is 1. The van der Waals surface area contributed by atoms with E-state index in [2.05, 4.69) is 10.6 Å². The Balaban J connectivity index is 2.18. The lowest BCUT2D eigenvalue weighted by Gasteiger charge is -2.25. The number of fused-ring (bicyclic) bond motifs is 1. The van der Waals surface area contributed by atoms with Crippen molar-refractivity contribution in [3.8, 4) is 5.75 Å². The Kier molecular flexibility index (Phi) is 3.87. The van der Waals surface area contributed by atoms with Crippen LogP contribution in [0, 0.1) is 0 Å². The van der Waals surface area contributed by atoms with Gasteiger partial charge in [0.1, 0.15) is 11.9 Å². The second kappa shape index (κ2) is 5.40. The minimum Gasteiger partial charge on any atom is -0.487 e. The summed E-state index contributed by atoms with van der Waals surface area (Å²) in [4.78, 5) is 12.2. The maximum absolute atomic E-state index is 12.2. The average Bonchev–Trinajstić information content (AvgIpc) is 2.37. The van der Waals surface area contributed by atoms with E-state index in [1.807, 2.05) is 39.0 Å². The Morgan fingerprint density at radius 2 is 2.39 bits per heavy atom. The van der Waals surface area contributed by atoms with Gasteiger partial charge in [0.15, 0.2) is 5.78 Å². The van der Waals surface area contributed by atoms with Crippen LogP contribution in [0.15, 0.2) is 18.2 Å². The van der Waals surface area contributed by atoms with Crippen molar-refractivity contribution < 1.29 is 9.53 Å². The molecule has 0 aliphatic carbocycles. The first-order valence-electron chi connectivity index (χ1n) is 6.44. The second-order valence-corrected chi connectivity index (χ2v) is 4.66. The van der Waals surface area contributed by atoms with Crippen LogP contribution in [0.5, 0.6) is 5.75 Å². The lowest BCUT2D eigenvalue weighted by atomic mass is 10.0. The van der Waals surface area contributed by atoms with Crippen LogP contribution >= 0.6 is 0 Å². The molecule has 1 aliphatic rings. The highest BCUT2D eigenvalue weighted by atomic mass is 16.5. The molecule has 0 saturated heterocycles. The summed E-state index contributed by atoms with van der Waals surface area (Å²) in [6.45, 7) is 7.46. The van der Waals surface area contributed by atoms with Crippen LogP contribution in [0.25, 0.3) is 0 Å². The third-order valence-corrected chi connectivity index (χ3v) is 3.08. The third kappa shape index (κ3) is 2.64. The van der Waals surface area contributed by atoms with E-state index in [1.165, 1.54) is 0 Å². The van der Waals surface area contributed by atoms with Crippen molar-refractivity contribution >= 4 is 11.5 Å². The highest BCUT2D eigenvalue weighted by Crippen LogP contribution is 2.30. The van der Waals surface area contributed by atoms with E-state index in [-0.39, 0.29) is 17.9 Å². The molecule has 2 atom stereocenters. The number of hydrogen-bond acceptors (Lipinski definition) is 4. The van der Waals surface area contributed by atoms with E-state index < -0.39 is 0 Å². The highest BCUT2D eigenvalue weighted by molar-refractivity contribution is 6.01. The van der Waals surface area contributed by atoms with Gasteiger partial charge in [-0.2, -0.15) is 0 Å².